The molecule has 9 aromatic rings. The van der Waals surface area contributed by atoms with E-state index in [0.29, 0.717) is 0 Å². The van der Waals surface area contributed by atoms with Crippen LogP contribution in [0.25, 0.3) is 77.3 Å². The van der Waals surface area contributed by atoms with Gasteiger partial charge in [-0.1, -0.05) is 164 Å². The molecule has 10 rings (SSSR count). The molecular formula is C48H32N2. The molecule has 1 aliphatic rings. The van der Waals surface area contributed by atoms with E-state index >= 15 is 0 Å². The molecule has 1 aromatic heterocycles. The van der Waals surface area contributed by atoms with Gasteiger partial charge in [-0.05, 0) is 79.2 Å². The van der Waals surface area contributed by atoms with Crippen molar-refractivity contribution < 1.29 is 0 Å². The summed E-state index contributed by atoms with van der Waals surface area (Å²) in [6.45, 7) is 2.37. The Labute approximate surface area is 291 Å². The Morgan fingerprint density at radius 3 is 1.88 bits per heavy atom. The molecule has 0 N–H and O–H groups in total. The summed E-state index contributed by atoms with van der Waals surface area (Å²) < 4.78 is 0. The highest BCUT2D eigenvalue weighted by atomic mass is 14.9. The van der Waals surface area contributed by atoms with Crippen molar-refractivity contribution in [2.75, 3.05) is 0 Å². The first kappa shape index (κ1) is 28.6. The standard InChI is InChI=1S/C48H32N2/c1-48(34-19-6-3-7-20-34)41-25-13-12-23-38(41)45-39(24-14-26-42(45)48)43-30-44(50-47(49-43)32-16-4-2-5-17-32)46-36-22-11-9-18-33(36)29-40-35-21-10-8-15-31(35)27-28-37(40)46/h2-30H,1H3. The molecule has 50 heavy (non-hydrogen) atoms. The fraction of sp³-hybridized carbons (Fsp3) is 0.0417. The van der Waals surface area contributed by atoms with Gasteiger partial charge in [0.1, 0.15) is 0 Å². The summed E-state index contributed by atoms with van der Waals surface area (Å²) in [5.74, 6) is 0.717. The molecule has 0 spiro atoms. The van der Waals surface area contributed by atoms with Gasteiger partial charge in [0.2, 0.25) is 0 Å². The highest BCUT2D eigenvalue weighted by Crippen LogP contribution is 2.55. The van der Waals surface area contributed by atoms with Gasteiger partial charge in [0.15, 0.2) is 5.82 Å². The van der Waals surface area contributed by atoms with Crippen LogP contribution in [0, 0.1) is 0 Å². The Morgan fingerprint density at radius 1 is 0.400 bits per heavy atom. The Morgan fingerprint density at radius 2 is 1.04 bits per heavy atom. The average Bonchev–Trinajstić information content (AvgIpc) is 3.46. The van der Waals surface area contributed by atoms with Crippen LogP contribution in [0.3, 0.4) is 0 Å². The molecule has 0 radical (unpaired) electrons. The zero-order valence-corrected chi connectivity index (χ0v) is 27.6. The molecule has 8 aromatic carbocycles. The summed E-state index contributed by atoms with van der Waals surface area (Å²) in [5.41, 5.74) is 11.2. The van der Waals surface area contributed by atoms with Crippen molar-refractivity contribution in [2.45, 2.75) is 12.3 Å². The smallest absolute Gasteiger partial charge is 0.160 e. The van der Waals surface area contributed by atoms with E-state index < -0.39 is 0 Å². The Hall–Kier alpha value is -6.38. The van der Waals surface area contributed by atoms with E-state index in [2.05, 4.69) is 177 Å². The molecule has 0 aliphatic heterocycles. The highest BCUT2D eigenvalue weighted by molar-refractivity contribution is 6.19. The molecule has 2 heteroatoms. The van der Waals surface area contributed by atoms with Gasteiger partial charge < -0.3 is 0 Å². The van der Waals surface area contributed by atoms with Crippen molar-refractivity contribution in [1.82, 2.24) is 9.97 Å². The lowest BCUT2D eigenvalue weighted by Crippen LogP contribution is -2.22. The lowest BCUT2D eigenvalue weighted by molar-refractivity contribution is 0.714. The molecule has 1 unspecified atom stereocenters. The monoisotopic (exact) mass is 636 g/mol. The van der Waals surface area contributed by atoms with Crippen LogP contribution in [0.1, 0.15) is 23.6 Å². The maximum Gasteiger partial charge on any atom is 0.160 e. The number of hydrogen-bond acceptors (Lipinski definition) is 2. The van der Waals surface area contributed by atoms with Crippen LogP contribution >= 0.6 is 0 Å². The zero-order chi connectivity index (χ0) is 33.2. The summed E-state index contributed by atoms with van der Waals surface area (Å²) in [6.07, 6.45) is 0. The normalized spacial score (nSPS) is 15.0. The molecule has 0 amide bonds. The van der Waals surface area contributed by atoms with Gasteiger partial charge in [-0.15, -0.1) is 0 Å². The van der Waals surface area contributed by atoms with Crippen molar-refractivity contribution in [2.24, 2.45) is 0 Å². The molecule has 1 aliphatic carbocycles. The fourth-order valence-electron chi connectivity index (χ4n) is 8.36. The summed E-state index contributed by atoms with van der Waals surface area (Å²) >= 11 is 0. The van der Waals surface area contributed by atoms with Gasteiger partial charge in [0.25, 0.3) is 0 Å². The topological polar surface area (TPSA) is 25.8 Å². The van der Waals surface area contributed by atoms with Crippen LogP contribution in [0.2, 0.25) is 0 Å². The third-order valence-electron chi connectivity index (χ3n) is 10.7. The van der Waals surface area contributed by atoms with E-state index in [1.54, 1.807) is 0 Å². The van der Waals surface area contributed by atoms with Crippen molar-refractivity contribution in [3.05, 3.63) is 193 Å². The van der Waals surface area contributed by atoms with Crippen LogP contribution in [0.5, 0.6) is 0 Å². The van der Waals surface area contributed by atoms with Gasteiger partial charge in [-0.3, -0.25) is 0 Å². The van der Waals surface area contributed by atoms with Gasteiger partial charge in [0, 0.05) is 22.1 Å². The van der Waals surface area contributed by atoms with Gasteiger partial charge >= 0.3 is 0 Å². The van der Waals surface area contributed by atoms with Crippen LogP contribution in [0.4, 0.5) is 0 Å². The van der Waals surface area contributed by atoms with Crippen LogP contribution in [0.15, 0.2) is 176 Å². The molecule has 0 saturated carbocycles. The van der Waals surface area contributed by atoms with E-state index in [4.69, 9.17) is 9.97 Å². The SMILES string of the molecule is CC1(c2ccccc2)c2ccccc2-c2c(-c3cc(-c4c5ccccc5cc5c4ccc4ccccc45)nc(-c4ccccc4)n3)cccc21. The summed E-state index contributed by atoms with van der Waals surface area (Å²) in [7, 11) is 0. The predicted molar refractivity (Wildman–Crippen MR) is 208 cm³/mol. The van der Waals surface area contributed by atoms with E-state index in [0.717, 1.165) is 33.9 Å². The van der Waals surface area contributed by atoms with E-state index in [1.165, 1.54) is 60.1 Å². The molecular weight excluding hydrogens is 605 g/mol. The van der Waals surface area contributed by atoms with Crippen LogP contribution in [-0.4, -0.2) is 9.97 Å². The fourth-order valence-corrected chi connectivity index (χ4v) is 8.36. The summed E-state index contributed by atoms with van der Waals surface area (Å²) in [6, 6.07) is 63.3. The van der Waals surface area contributed by atoms with E-state index in [1.807, 2.05) is 6.07 Å². The molecule has 234 valence electrons. The number of nitrogens with zero attached hydrogens (tertiary/aromatic N) is 2. The highest BCUT2D eigenvalue weighted by Gasteiger charge is 2.41. The Bertz CT molecular complexity index is 2770. The molecule has 0 saturated heterocycles. The minimum Gasteiger partial charge on any atom is -0.228 e. The van der Waals surface area contributed by atoms with Gasteiger partial charge in [0.05, 0.1) is 11.4 Å². The molecule has 0 fully saturated rings. The average molecular weight is 637 g/mol. The molecule has 0 bridgehead atoms. The van der Waals surface area contributed by atoms with Crippen molar-refractivity contribution in [3.8, 4) is 45.0 Å². The van der Waals surface area contributed by atoms with Gasteiger partial charge in [-0.25, -0.2) is 9.97 Å². The summed E-state index contributed by atoms with van der Waals surface area (Å²) in [5, 5.41) is 7.26. The lowest BCUT2D eigenvalue weighted by atomic mass is 9.74. The first-order chi connectivity index (χ1) is 24.7. The third kappa shape index (κ3) is 4.22. The van der Waals surface area contributed by atoms with Gasteiger partial charge in [-0.2, -0.15) is 0 Å². The predicted octanol–water partition coefficient (Wildman–Crippen LogP) is 12.3. The first-order valence-electron chi connectivity index (χ1n) is 17.3. The van der Waals surface area contributed by atoms with E-state index in [-0.39, 0.29) is 5.41 Å². The van der Waals surface area contributed by atoms with Crippen molar-refractivity contribution >= 4 is 32.3 Å². The third-order valence-corrected chi connectivity index (χ3v) is 10.7. The van der Waals surface area contributed by atoms with E-state index in [9.17, 15) is 0 Å². The lowest BCUT2D eigenvalue weighted by Gasteiger charge is -2.28. The van der Waals surface area contributed by atoms with Crippen LogP contribution < -0.4 is 0 Å². The van der Waals surface area contributed by atoms with Crippen LogP contribution in [-0.2, 0) is 5.41 Å². The second kappa shape index (κ2) is 11.1. The number of benzene rings is 8. The maximum absolute atomic E-state index is 5.38. The first-order valence-corrected chi connectivity index (χ1v) is 17.3. The second-order valence-corrected chi connectivity index (χ2v) is 13.4. The number of aromatic nitrogens is 2. The minimum atomic E-state index is -0.297. The minimum absolute atomic E-state index is 0.297. The van der Waals surface area contributed by atoms with Crippen molar-refractivity contribution in [1.29, 1.82) is 0 Å². The Kier molecular flexibility index (Phi) is 6.34. The molecule has 1 atom stereocenters. The number of rotatable bonds is 4. The number of fused-ring (bicyclic) bond motifs is 7. The second-order valence-electron chi connectivity index (χ2n) is 13.4. The Balaban J connectivity index is 1.30. The quantitative estimate of drug-likeness (QED) is 0.142. The zero-order valence-electron chi connectivity index (χ0n) is 27.6. The van der Waals surface area contributed by atoms with Crippen molar-refractivity contribution in [3.63, 3.8) is 0 Å². The summed E-state index contributed by atoms with van der Waals surface area (Å²) in [4.78, 5) is 10.8. The largest absolute Gasteiger partial charge is 0.228 e. The molecule has 2 nitrogen and oxygen atoms in total. The number of hydrogen-bond donors (Lipinski definition) is 0. The molecule has 1 heterocycles. The maximum atomic E-state index is 5.38.